The van der Waals surface area contributed by atoms with Crippen LogP contribution < -0.4 is 9.47 Å². The predicted octanol–water partition coefficient (Wildman–Crippen LogP) is 6.03. The van der Waals surface area contributed by atoms with E-state index in [9.17, 15) is 14.0 Å². The van der Waals surface area contributed by atoms with Crippen LogP contribution in [-0.2, 0) is 6.61 Å². The van der Waals surface area contributed by atoms with Gasteiger partial charge in [0.1, 0.15) is 12.4 Å². The molecule has 4 rings (SSSR count). The molecule has 1 aliphatic rings. The largest absolute Gasteiger partial charge is 0.490 e. The Morgan fingerprint density at radius 3 is 2.19 bits per heavy atom. The summed E-state index contributed by atoms with van der Waals surface area (Å²) in [5.74, 6) is 0.0788. The zero-order valence-corrected chi connectivity index (χ0v) is 18.2. The van der Waals surface area contributed by atoms with Gasteiger partial charge in [0.2, 0.25) is 0 Å². The number of fused-ring (bicyclic) bond motifs is 1. The van der Waals surface area contributed by atoms with Gasteiger partial charge in [0, 0.05) is 11.1 Å². The lowest BCUT2D eigenvalue weighted by Gasteiger charge is -2.15. The molecule has 3 aromatic rings. The molecule has 0 fully saturated rings. The van der Waals surface area contributed by atoms with Gasteiger partial charge in [-0.25, -0.2) is 4.39 Å². The number of hydrogen-bond donors (Lipinski definition) is 0. The van der Waals surface area contributed by atoms with Crippen LogP contribution in [0.2, 0.25) is 0 Å². The zero-order chi connectivity index (χ0) is 22.0. The molecule has 0 heterocycles. The van der Waals surface area contributed by atoms with Crippen molar-refractivity contribution in [3.05, 3.63) is 98.8 Å². The molecule has 0 bridgehead atoms. The van der Waals surface area contributed by atoms with Gasteiger partial charge in [0.15, 0.2) is 23.1 Å². The molecule has 0 aromatic heterocycles. The van der Waals surface area contributed by atoms with Gasteiger partial charge in [-0.2, -0.15) is 0 Å². The molecule has 0 radical (unpaired) electrons. The number of ketones is 2. The summed E-state index contributed by atoms with van der Waals surface area (Å²) >= 11 is 3.50. The van der Waals surface area contributed by atoms with Crippen molar-refractivity contribution in [3.63, 3.8) is 0 Å². The van der Waals surface area contributed by atoms with Gasteiger partial charge >= 0.3 is 0 Å². The maximum Gasteiger partial charge on any atom is 0.197 e. The number of ether oxygens (including phenoxy) is 2. The number of Topliss-reactive ketones (excluding diaryl/α,β-unsaturated/α-hetero) is 2. The molecular weight excluding hydrogens is 463 g/mol. The first kappa shape index (κ1) is 21.0. The van der Waals surface area contributed by atoms with Gasteiger partial charge in [-0.3, -0.25) is 9.59 Å². The first-order valence-corrected chi connectivity index (χ1v) is 10.5. The van der Waals surface area contributed by atoms with E-state index in [0.29, 0.717) is 39.3 Å². The maximum absolute atomic E-state index is 13.1. The van der Waals surface area contributed by atoms with Gasteiger partial charge in [-0.15, -0.1) is 0 Å². The molecule has 0 spiro atoms. The molecule has 156 valence electrons. The van der Waals surface area contributed by atoms with E-state index in [1.807, 2.05) is 6.92 Å². The fourth-order valence-electron chi connectivity index (χ4n) is 3.38. The minimum atomic E-state index is -0.310. The fourth-order valence-corrected chi connectivity index (χ4v) is 3.95. The van der Waals surface area contributed by atoms with Crippen molar-refractivity contribution >= 4 is 33.6 Å². The summed E-state index contributed by atoms with van der Waals surface area (Å²) < 4.78 is 25.4. The Kier molecular flexibility index (Phi) is 6.00. The second-order valence-corrected chi connectivity index (χ2v) is 7.79. The molecule has 0 amide bonds. The highest BCUT2D eigenvalue weighted by Gasteiger charge is 2.32. The van der Waals surface area contributed by atoms with Gasteiger partial charge in [-0.1, -0.05) is 36.4 Å². The number of carbonyl (C=O) groups excluding carboxylic acids is 2. The minimum Gasteiger partial charge on any atom is -0.490 e. The van der Waals surface area contributed by atoms with E-state index in [4.69, 9.17) is 9.47 Å². The van der Waals surface area contributed by atoms with Crippen molar-refractivity contribution in [2.24, 2.45) is 0 Å². The molecule has 0 saturated heterocycles. The summed E-state index contributed by atoms with van der Waals surface area (Å²) in [6.45, 7) is 2.48. The van der Waals surface area contributed by atoms with Crippen molar-refractivity contribution in [2.45, 2.75) is 13.5 Å². The van der Waals surface area contributed by atoms with Crippen LogP contribution in [0, 0.1) is 5.82 Å². The smallest absolute Gasteiger partial charge is 0.197 e. The van der Waals surface area contributed by atoms with Crippen molar-refractivity contribution < 1.29 is 23.5 Å². The SMILES string of the molecule is CCOc1cc(C=C2C(=O)c3ccccc3C2=O)cc(Br)c1OCc1ccc(F)cc1. The van der Waals surface area contributed by atoms with Gasteiger partial charge in [0.25, 0.3) is 0 Å². The van der Waals surface area contributed by atoms with Crippen LogP contribution in [0.15, 0.2) is 70.7 Å². The minimum absolute atomic E-state index is 0.121. The van der Waals surface area contributed by atoms with E-state index in [2.05, 4.69) is 15.9 Å². The first-order chi connectivity index (χ1) is 15.0. The monoisotopic (exact) mass is 480 g/mol. The summed E-state index contributed by atoms with van der Waals surface area (Å²) in [5.41, 5.74) is 2.40. The Hall–Kier alpha value is -3.25. The van der Waals surface area contributed by atoms with E-state index in [0.717, 1.165) is 5.56 Å². The summed E-state index contributed by atoms with van der Waals surface area (Å²) in [4.78, 5) is 25.3. The highest BCUT2D eigenvalue weighted by Crippen LogP contribution is 2.39. The van der Waals surface area contributed by atoms with Crippen LogP contribution in [0.3, 0.4) is 0 Å². The van der Waals surface area contributed by atoms with E-state index in [1.165, 1.54) is 12.1 Å². The Bertz CT molecular complexity index is 1160. The summed E-state index contributed by atoms with van der Waals surface area (Å²) in [7, 11) is 0. The number of allylic oxidation sites excluding steroid dienone is 1. The topological polar surface area (TPSA) is 52.6 Å². The Morgan fingerprint density at radius 1 is 0.935 bits per heavy atom. The van der Waals surface area contributed by atoms with Crippen molar-refractivity contribution in [2.75, 3.05) is 6.61 Å². The molecule has 0 N–H and O–H groups in total. The molecule has 1 aliphatic carbocycles. The number of carbonyl (C=O) groups is 2. The van der Waals surface area contributed by atoms with E-state index >= 15 is 0 Å². The fraction of sp³-hybridized carbons (Fsp3) is 0.120. The molecule has 4 nitrogen and oxygen atoms in total. The van der Waals surface area contributed by atoms with Crippen LogP contribution in [0.5, 0.6) is 11.5 Å². The van der Waals surface area contributed by atoms with Crippen LogP contribution in [-0.4, -0.2) is 18.2 Å². The quantitative estimate of drug-likeness (QED) is 0.319. The van der Waals surface area contributed by atoms with Gasteiger partial charge < -0.3 is 9.47 Å². The number of hydrogen-bond acceptors (Lipinski definition) is 4. The van der Waals surface area contributed by atoms with E-state index in [1.54, 1.807) is 54.6 Å². The summed E-state index contributed by atoms with van der Waals surface area (Å²) in [6.07, 6.45) is 1.57. The van der Waals surface area contributed by atoms with Crippen molar-refractivity contribution in [1.82, 2.24) is 0 Å². The van der Waals surface area contributed by atoms with Crippen LogP contribution in [0.25, 0.3) is 6.08 Å². The van der Waals surface area contributed by atoms with E-state index < -0.39 is 0 Å². The lowest BCUT2D eigenvalue weighted by atomic mass is 10.1. The molecule has 0 saturated carbocycles. The Morgan fingerprint density at radius 2 is 1.58 bits per heavy atom. The predicted molar refractivity (Wildman–Crippen MR) is 119 cm³/mol. The zero-order valence-electron chi connectivity index (χ0n) is 16.7. The second kappa shape index (κ2) is 8.86. The molecule has 0 aliphatic heterocycles. The summed E-state index contributed by atoms with van der Waals surface area (Å²) in [6, 6.07) is 16.3. The van der Waals surface area contributed by atoms with Crippen LogP contribution in [0.4, 0.5) is 4.39 Å². The van der Waals surface area contributed by atoms with Gasteiger partial charge in [-0.05, 0) is 64.3 Å². The lowest BCUT2D eigenvalue weighted by molar-refractivity contribution is 0.0990. The van der Waals surface area contributed by atoms with Crippen molar-refractivity contribution in [1.29, 1.82) is 0 Å². The number of rotatable bonds is 6. The van der Waals surface area contributed by atoms with Crippen molar-refractivity contribution in [3.8, 4) is 11.5 Å². The number of benzene rings is 3. The second-order valence-electron chi connectivity index (χ2n) is 6.94. The maximum atomic E-state index is 13.1. The molecule has 0 atom stereocenters. The third-order valence-electron chi connectivity index (χ3n) is 4.84. The number of halogens is 2. The average Bonchev–Trinajstić information content (AvgIpc) is 3.00. The summed E-state index contributed by atoms with van der Waals surface area (Å²) in [5, 5.41) is 0. The third-order valence-corrected chi connectivity index (χ3v) is 5.43. The molecule has 31 heavy (non-hydrogen) atoms. The highest BCUT2D eigenvalue weighted by molar-refractivity contribution is 9.10. The third kappa shape index (κ3) is 4.30. The molecule has 3 aromatic carbocycles. The van der Waals surface area contributed by atoms with Crippen LogP contribution in [0.1, 0.15) is 38.8 Å². The standard InChI is InChI=1S/C25H18BrFO4/c1-2-30-22-13-16(11-20-23(28)18-5-3-4-6-19(18)24(20)29)12-21(26)25(22)31-14-15-7-9-17(27)10-8-15/h3-13H,2,14H2,1H3. The average molecular weight is 481 g/mol. The normalized spacial score (nSPS) is 12.7. The molecule has 6 heteroatoms. The lowest BCUT2D eigenvalue weighted by Crippen LogP contribution is -2.02. The molecule has 0 unspecified atom stereocenters. The highest BCUT2D eigenvalue weighted by atomic mass is 79.9. The van der Waals surface area contributed by atoms with Gasteiger partial charge in [0.05, 0.1) is 16.7 Å². The Balaban J connectivity index is 1.64. The van der Waals surface area contributed by atoms with Crippen LogP contribution >= 0.6 is 15.9 Å². The molecular formula is C25H18BrFO4. The Labute approximate surface area is 187 Å². The first-order valence-electron chi connectivity index (χ1n) is 9.71. The van der Waals surface area contributed by atoms with E-state index in [-0.39, 0.29) is 29.6 Å².